The van der Waals surface area contributed by atoms with Gasteiger partial charge < -0.3 is 4.42 Å². The van der Waals surface area contributed by atoms with Gasteiger partial charge in [0.15, 0.2) is 0 Å². The van der Waals surface area contributed by atoms with Gasteiger partial charge in [0.1, 0.15) is 5.76 Å². The lowest BCUT2D eigenvalue weighted by molar-refractivity contribution is 0.547. The first-order valence-electron chi connectivity index (χ1n) is 6.14. The number of nitrogens with zero attached hydrogens (tertiary/aromatic N) is 1. The molecule has 0 atom stereocenters. The van der Waals surface area contributed by atoms with Crippen molar-refractivity contribution in [3.63, 3.8) is 0 Å². The van der Waals surface area contributed by atoms with E-state index in [0.29, 0.717) is 0 Å². The molecule has 0 aliphatic carbocycles. The summed E-state index contributed by atoms with van der Waals surface area (Å²) in [6, 6.07) is 4.14. The molecule has 0 bridgehead atoms. The van der Waals surface area contributed by atoms with E-state index in [2.05, 4.69) is 24.0 Å². The van der Waals surface area contributed by atoms with Crippen molar-refractivity contribution in [1.82, 2.24) is 4.98 Å². The van der Waals surface area contributed by atoms with Crippen LogP contribution in [0.4, 0.5) is 0 Å². The van der Waals surface area contributed by atoms with Gasteiger partial charge in [-0.05, 0) is 24.6 Å². The number of aromatic nitrogens is 1. The van der Waals surface area contributed by atoms with E-state index >= 15 is 0 Å². The molecule has 0 N–H and O–H groups in total. The highest BCUT2D eigenvalue weighted by Gasteiger charge is 2.01. The second kappa shape index (κ2) is 7.91. The fourth-order valence-electron chi connectivity index (χ4n) is 1.27. The molecule has 2 heterocycles. The zero-order chi connectivity index (χ0) is 12.6. The molecule has 0 unspecified atom stereocenters. The summed E-state index contributed by atoms with van der Waals surface area (Å²) in [5.41, 5.74) is 1.92. The minimum atomic E-state index is 0.748. The topological polar surface area (TPSA) is 26.0 Å². The molecule has 0 spiro atoms. The summed E-state index contributed by atoms with van der Waals surface area (Å²) in [5, 5.41) is 1.10. The van der Waals surface area contributed by atoms with Gasteiger partial charge in [-0.1, -0.05) is 34.6 Å². The maximum Gasteiger partial charge on any atom is 0.226 e. The molecule has 16 heavy (non-hydrogen) atoms. The number of aryl methyl sites for hydroxylation is 2. The lowest BCUT2D eigenvalue weighted by atomic mass is 10.2. The van der Waals surface area contributed by atoms with Gasteiger partial charge in [-0.2, -0.15) is 0 Å². The molecule has 0 saturated heterocycles. The first-order valence-corrected chi connectivity index (χ1v) is 6.14. The molecule has 2 nitrogen and oxygen atoms in total. The normalized spacial score (nSPS) is 8.88. The van der Waals surface area contributed by atoms with Crippen LogP contribution >= 0.6 is 0 Å². The van der Waals surface area contributed by atoms with E-state index in [0.717, 1.165) is 23.3 Å². The molecule has 0 amide bonds. The maximum atomic E-state index is 5.46. The van der Waals surface area contributed by atoms with Crippen LogP contribution < -0.4 is 0 Å². The van der Waals surface area contributed by atoms with Crippen molar-refractivity contribution in [3.8, 4) is 0 Å². The lowest BCUT2D eigenvalue weighted by Crippen LogP contribution is -1.74. The first kappa shape index (κ1) is 14.7. The second-order valence-electron chi connectivity index (χ2n) is 2.97. The molecule has 90 valence electrons. The Kier molecular flexibility index (Phi) is 7.27. The molecular formula is C14H23NO. The predicted octanol–water partition coefficient (Wildman–Crippen LogP) is 4.75. The van der Waals surface area contributed by atoms with Gasteiger partial charge in [-0.3, -0.25) is 0 Å². The fraction of sp³-hybridized carbons (Fsp3) is 0.500. The van der Waals surface area contributed by atoms with Crippen LogP contribution in [-0.2, 0) is 6.42 Å². The fourth-order valence-corrected chi connectivity index (χ4v) is 1.27. The SMILES string of the molecule is CC.CC.CCc1cc2cc(C)cnc2o1. The Balaban J connectivity index is 0.000000509. The van der Waals surface area contributed by atoms with Crippen LogP contribution in [0.3, 0.4) is 0 Å². The molecular weight excluding hydrogens is 198 g/mol. The van der Waals surface area contributed by atoms with Gasteiger partial charge >= 0.3 is 0 Å². The van der Waals surface area contributed by atoms with E-state index in [1.807, 2.05) is 40.8 Å². The highest BCUT2D eigenvalue weighted by molar-refractivity contribution is 5.74. The molecule has 0 fully saturated rings. The van der Waals surface area contributed by atoms with Gasteiger partial charge in [0.25, 0.3) is 0 Å². The maximum absolute atomic E-state index is 5.46. The van der Waals surface area contributed by atoms with Crippen LogP contribution in [0.25, 0.3) is 11.1 Å². The third kappa shape index (κ3) is 3.69. The van der Waals surface area contributed by atoms with Crippen molar-refractivity contribution in [2.45, 2.75) is 48.0 Å². The van der Waals surface area contributed by atoms with Crippen molar-refractivity contribution >= 4 is 11.1 Å². The van der Waals surface area contributed by atoms with E-state index in [4.69, 9.17) is 4.42 Å². The van der Waals surface area contributed by atoms with Crippen molar-refractivity contribution in [3.05, 3.63) is 29.7 Å². The van der Waals surface area contributed by atoms with Crippen LogP contribution in [0.15, 0.2) is 22.7 Å². The van der Waals surface area contributed by atoms with Crippen LogP contribution in [0.1, 0.15) is 45.9 Å². The van der Waals surface area contributed by atoms with Crippen LogP contribution in [0.5, 0.6) is 0 Å². The summed E-state index contributed by atoms with van der Waals surface area (Å²) < 4.78 is 5.46. The number of fused-ring (bicyclic) bond motifs is 1. The molecule has 2 aromatic heterocycles. The Labute approximate surface area is 98.7 Å². The van der Waals surface area contributed by atoms with E-state index in [9.17, 15) is 0 Å². The molecule has 2 heteroatoms. The molecule has 2 rings (SSSR count). The predicted molar refractivity (Wildman–Crippen MR) is 70.8 cm³/mol. The summed E-state index contributed by atoms with van der Waals surface area (Å²) in [6.07, 6.45) is 2.75. The summed E-state index contributed by atoms with van der Waals surface area (Å²) in [5.74, 6) is 1.00. The Morgan fingerprint density at radius 1 is 1.12 bits per heavy atom. The average Bonchev–Trinajstić information content (AvgIpc) is 2.76. The van der Waals surface area contributed by atoms with Crippen molar-refractivity contribution in [2.24, 2.45) is 0 Å². The Morgan fingerprint density at radius 3 is 2.31 bits per heavy atom. The standard InChI is InChI=1S/C10H11NO.2C2H6/c1-3-9-5-8-4-7(2)6-11-10(8)12-9;2*1-2/h4-6H,3H2,1-2H3;2*1-2H3. The Bertz CT molecular complexity index is 404. The van der Waals surface area contributed by atoms with Crippen molar-refractivity contribution < 1.29 is 4.42 Å². The molecule has 0 aliphatic heterocycles. The van der Waals surface area contributed by atoms with Gasteiger partial charge in [0, 0.05) is 18.0 Å². The largest absolute Gasteiger partial charge is 0.443 e. The van der Waals surface area contributed by atoms with Crippen LogP contribution in [0.2, 0.25) is 0 Å². The highest BCUT2D eigenvalue weighted by Crippen LogP contribution is 2.18. The zero-order valence-electron chi connectivity index (χ0n) is 11.3. The Hall–Kier alpha value is -1.31. The van der Waals surface area contributed by atoms with E-state index < -0.39 is 0 Å². The molecule has 0 saturated carbocycles. The van der Waals surface area contributed by atoms with Crippen LogP contribution in [-0.4, -0.2) is 4.98 Å². The van der Waals surface area contributed by atoms with Crippen LogP contribution in [0, 0.1) is 6.92 Å². The first-order chi connectivity index (χ1) is 7.79. The smallest absolute Gasteiger partial charge is 0.226 e. The number of rotatable bonds is 1. The van der Waals surface area contributed by atoms with E-state index in [-0.39, 0.29) is 0 Å². The van der Waals surface area contributed by atoms with Gasteiger partial charge in [0.05, 0.1) is 0 Å². The third-order valence-corrected chi connectivity index (χ3v) is 1.91. The summed E-state index contributed by atoms with van der Waals surface area (Å²) in [7, 11) is 0. The third-order valence-electron chi connectivity index (χ3n) is 1.91. The number of hydrogen-bond donors (Lipinski definition) is 0. The summed E-state index contributed by atoms with van der Waals surface area (Å²) in [4.78, 5) is 4.18. The monoisotopic (exact) mass is 221 g/mol. The molecule has 0 aromatic carbocycles. The minimum absolute atomic E-state index is 0.748. The molecule has 2 aromatic rings. The highest BCUT2D eigenvalue weighted by atomic mass is 16.3. The molecule has 0 aliphatic rings. The van der Waals surface area contributed by atoms with E-state index in [1.54, 1.807) is 0 Å². The second-order valence-corrected chi connectivity index (χ2v) is 2.97. The Morgan fingerprint density at radius 2 is 1.75 bits per heavy atom. The number of pyridine rings is 1. The zero-order valence-corrected chi connectivity index (χ0v) is 11.3. The van der Waals surface area contributed by atoms with Gasteiger partial charge in [-0.25, -0.2) is 4.98 Å². The summed E-state index contributed by atoms with van der Waals surface area (Å²) in [6.45, 7) is 12.1. The van der Waals surface area contributed by atoms with Gasteiger partial charge in [-0.15, -0.1) is 0 Å². The lowest BCUT2D eigenvalue weighted by Gasteiger charge is -1.88. The number of furan rings is 1. The van der Waals surface area contributed by atoms with Crippen molar-refractivity contribution in [2.75, 3.05) is 0 Å². The minimum Gasteiger partial charge on any atom is -0.443 e. The van der Waals surface area contributed by atoms with Gasteiger partial charge in [0.2, 0.25) is 5.71 Å². The van der Waals surface area contributed by atoms with Crippen molar-refractivity contribution in [1.29, 1.82) is 0 Å². The quantitative estimate of drug-likeness (QED) is 0.694. The average molecular weight is 221 g/mol. The summed E-state index contributed by atoms with van der Waals surface area (Å²) >= 11 is 0. The molecule has 0 radical (unpaired) electrons. The number of hydrogen-bond acceptors (Lipinski definition) is 2. The van der Waals surface area contributed by atoms with E-state index in [1.165, 1.54) is 5.56 Å².